The highest BCUT2D eigenvalue weighted by Crippen LogP contribution is 2.03. The fraction of sp³-hybridized carbons (Fsp3) is 0.769. The minimum absolute atomic E-state index is 0.347. The number of carbonyl (C=O) groups is 2. The average Bonchev–Trinajstić information content (AvgIpc) is 2.45. The Labute approximate surface area is 124 Å². The van der Waals surface area contributed by atoms with Gasteiger partial charge < -0.3 is 10.1 Å². The number of amides is 2. The van der Waals surface area contributed by atoms with Crippen LogP contribution in [0.25, 0.3) is 0 Å². The third kappa shape index (κ3) is 7.89. The lowest BCUT2D eigenvalue weighted by Gasteiger charge is -2.18. The Balaban J connectivity index is 4.14. The summed E-state index contributed by atoms with van der Waals surface area (Å²) in [5, 5.41) is 11.2. The second-order valence-electron chi connectivity index (χ2n) is 4.35. The predicted octanol–water partition coefficient (Wildman–Crippen LogP) is 1.96. The molecule has 20 heavy (non-hydrogen) atoms. The van der Waals surface area contributed by atoms with Crippen LogP contribution in [-0.4, -0.2) is 48.6 Å². The van der Waals surface area contributed by atoms with Gasteiger partial charge in [0.2, 0.25) is 0 Å². The topological polar surface area (TPSA) is 82.4 Å². The summed E-state index contributed by atoms with van der Waals surface area (Å²) in [4.78, 5) is 24.3. The van der Waals surface area contributed by atoms with E-state index >= 15 is 0 Å². The van der Waals surface area contributed by atoms with E-state index in [1.165, 1.54) is 18.8 Å². The van der Waals surface area contributed by atoms with Crippen molar-refractivity contribution in [1.29, 1.82) is 5.26 Å². The number of thioether (sulfide) groups is 1. The minimum atomic E-state index is -0.738. The maximum Gasteiger partial charge on any atom is 0.407 e. The molecule has 0 fully saturated rings. The van der Waals surface area contributed by atoms with E-state index in [2.05, 4.69) is 12.2 Å². The van der Waals surface area contributed by atoms with Gasteiger partial charge in [0.15, 0.2) is 6.19 Å². The molecule has 1 atom stereocenters. The van der Waals surface area contributed by atoms with Crippen LogP contribution in [0.1, 0.15) is 32.6 Å². The molecule has 0 rings (SSSR count). The smallest absolute Gasteiger partial charge is 0.407 e. The second-order valence-corrected chi connectivity index (χ2v) is 5.26. The molecule has 0 saturated carbocycles. The second kappa shape index (κ2) is 11.4. The number of hydrogen-bond donors (Lipinski definition) is 1. The van der Waals surface area contributed by atoms with E-state index in [9.17, 15) is 9.59 Å². The fourth-order valence-corrected chi connectivity index (χ4v) is 2.06. The summed E-state index contributed by atoms with van der Waals surface area (Å²) in [5.41, 5.74) is 0. The van der Waals surface area contributed by atoms with Gasteiger partial charge in [-0.2, -0.15) is 17.0 Å². The largest absolute Gasteiger partial charge is 0.450 e. The molecule has 0 aliphatic rings. The van der Waals surface area contributed by atoms with Crippen molar-refractivity contribution in [2.75, 3.05) is 25.7 Å². The molecule has 2 amide bonds. The number of alkyl carbamates (subject to hydrolysis) is 1. The van der Waals surface area contributed by atoms with Crippen molar-refractivity contribution < 1.29 is 14.3 Å². The van der Waals surface area contributed by atoms with Crippen molar-refractivity contribution in [1.82, 2.24) is 10.2 Å². The number of nitrogens with one attached hydrogen (secondary N) is 1. The molecule has 114 valence electrons. The molecular weight excluding hydrogens is 278 g/mol. The van der Waals surface area contributed by atoms with Gasteiger partial charge in [0.1, 0.15) is 6.04 Å². The zero-order valence-electron chi connectivity index (χ0n) is 12.3. The summed E-state index contributed by atoms with van der Waals surface area (Å²) in [5.74, 6) is -0.0414. The first-order valence-electron chi connectivity index (χ1n) is 6.66. The molecule has 1 unspecified atom stereocenters. The van der Waals surface area contributed by atoms with Gasteiger partial charge in [0, 0.05) is 12.8 Å². The number of rotatable bonds is 9. The number of carbonyl (C=O) groups excluding carboxylic acids is 2. The number of nitrogens with zero attached hydrogens (tertiary/aromatic N) is 2. The molecular formula is C13H23N3O3S. The monoisotopic (exact) mass is 301 g/mol. The van der Waals surface area contributed by atoms with Crippen molar-refractivity contribution in [3.63, 3.8) is 0 Å². The molecule has 0 aromatic heterocycles. The van der Waals surface area contributed by atoms with E-state index in [1.54, 1.807) is 6.19 Å². The predicted molar refractivity (Wildman–Crippen MR) is 79.2 cm³/mol. The van der Waals surface area contributed by atoms with E-state index in [1.807, 2.05) is 6.26 Å². The standard InChI is InChI=1S/C13H23N3O3S/c1-4-5-6-7-8-19-13(18)15-11(9-20-3)12(17)16(2)10-14/h11H,4-9H2,1-3H3,(H,15,18). The van der Waals surface area contributed by atoms with Crippen LogP contribution in [0.5, 0.6) is 0 Å². The van der Waals surface area contributed by atoms with Crippen molar-refractivity contribution in [2.45, 2.75) is 38.6 Å². The highest BCUT2D eigenvalue weighted by Gasteiger charge is 2.24. The van der Waals surface area contributed by atoms with E-state index in [4.69, 9.17) is 10.00 Å². The molecule has 0 aromatic carbocycles. The maximum absolute atomic E-state index is 11.8. The zero-order valence-corrected chi connectivity index (χ0v) is 13.2. The van der Waals surface area contributed by atoms with Crippen LogP contribution in [0.2, 0.25) is 0 Å². The molecule has 0 saturated heterocycles. The van der Waals surface area contributed by atoms with Crippen LogP contribution >= 0.6 is 11.8 Å². The number of ether oxygens (including phenoxy) is 1. The fourth-order valence-electron chi connectivity index (χ4n) is 1.50. The van der Waals surface area contributed by atoms with Crippen molar-refractivity contribution >= 4 is 23.8 Å². The number of hydrogen-bond acceptors (Lipinski definition) is 5. The summed E-state index contributed by atoms with van der Waals surface area (Å²) < 4.78 is 5.02. The normalized spacial score (nSPS) is 11.3. The SMILES string of the molecule is CCCCCCOC(=O)NC(CSC)C(=O)N(C)C#N. The van der Waals surface area contributed by atoms with Gasteiger partial charge in [0.05, 0.1) is 6.61 Å². The molecule has 6 nitrogen and oxygen atoms in total. The lowest BCUT2D eigenvalue weighted by Crippen LogP contribution is -2.47. The third-order valence-corrected chi connectivity index (χ3v) is 3.30. The quantitative estimate of drug-likeness (QED) is 0.400. The zero-order chi connectivity index (χ0) is 15.4. The van der Waals surface area contributed by atoms with E-state index in [0.29, 0.717) is 12.4 Å². The molecule has 0 radical (unpaired) electrons. The summed E-state index contributed by atoms with van der Waals surface area (Å²) in [6.07, 6.45) is 7.02. The Kier molecular flexibility index (Phi) is 10.6. The molecule has 7 heteroatoms. The number of nitriles is 1. The van der Waals surface area contributed by atoms with Gasteiger partial charge in [-0.3, -0.25) is 9.69 Å². The van der Waals surface area contributed by atoms with Gasteiger partial charge in [-0.15, -0.1) is 0 Å². The number of likely N-dealkylation sites (N-methyl/N-ethyl adjacent to an activating group) is 1. The first kappa shape index (κ1) is 18.6. The van der Waals surface area contributed by atoms with Crippen LogP contribution in [0.4, 0.5) is 4.79 Å². The highest BCUT2D eigenvalue weighted by atomic mass is 32.2. The Bertz CT molecular complexity index is 344. The highest BCUT2D eigenvalue weighted by molar-refractivity contribution is 7.98. The molecule has 0 spiro atoms. The van der Waals surface area contributed by atoms with Crippen molar-refractivity contribution in [3.05, 3.63) is 0 Å². The summed E-state index contributed by atoms with van der Waals surface area (Å²) >= 11 is 1.42. The number of unbranched alkanes of at least 4 members (excludes halogenated alkanes) is 3. The van der Waals surface area contributed by atoms with Crippen LogP contribution < -0.4 is 5.32 Å². The maximum atomic E-state index is 11.8. The third-order valence-electron chi connectivity index (χ3n) is 2.64. The summed E-state index contributed by atoms with van der Waals surface area (Å²) in [6, 6.07) is -0.738. The van der Waals surface area contributed by atoms with Gasteiger partial charge in [-0.1, -0.05) is 26.2 Å². The van der Waals surface area contributed by atoms with Crippen LogP contribution in [0.3, 0.4) is 0 Å². The van der Waals surface area contributed by atoms with Crippen molar-refractivity contribution in [2.24, 2.45) is 0 Å². The Morgan fingerprint density at radius 2 is 2.10 bits per heavy atom. The van der Waals surface area contributed by atoms with Gasteiger partial charge in [-0.05, 0) is 12.7 Å². The van der Waals surface area contributed by atoms with Crippen molar-refractivity contribution in [3.8, 4) is 6.19 Å². The molecule has 0 aromatic rings. The lowest BCUT2D eigenvalue weighted by atomic mass is 10.2. The Morgan fingerprint density at radius 1 is 1.40 bits per heavy atom. The molecule has 1 N–H and O–H groups in total. The lowest BCUT2D eigenvalue weighted by molar-refractivity contribution is -0.128. The van der Waals surface area contributed by atoms with Gasteiger partial charge in [0.25, 0.3) is 5.91 Å². The van der Waals surface area contributed by atoms with Crippen LogP contribution in [0.15, 0.2) is 0 Å². The first-order valence-corrected chi connectivity index (χ1v) is 8.05. The van der Waals surface area contributed by atoms with Crippen LogP contribution in [0, 0.1) is 11.5 Å². The van der Waals surface area contributed by atoms with Gasteiger partial charge >= 0.3 is 6.09 Å². The van der Waals surface area contributed by atoms with Gasteiger partial charge in [-0.25, -0.2) is 4.79 Å². The first-order chi connectivity index (χ1) is 9.56. The van der Waals surface area contributed by atoms with E-state index in [-0.39, 0.29) is 0 Å². The summed E-state index contributed by atoms with van der Waals surface area (Å²) in [7, 11) is 1.37. The molecule has 0 heterocycles. The summed E-state index contributed by atoms with van der Waals surface area (Å²) in [6.45, 7) is 2.46. The Hall–Kier alpha value is -1.42. The molecule has 0 bridgehead atoms. The van der Waals surface area contributed by atoms with E-state index in [0.717, 1.165) is 30.6 Å². The average molecular weight is 301 g/mol. The molecule has 0 aliphatic heterocycles. The minimum Gasteiger partial charge on any atom is -0.450 e. The Morgan fingerprint density at radius 3 is 2.65 bits per heavy atom. The molecule has 0 aliphatic carbocycles. The van der Waals surface area contributed by atoms with E-state index < -0.39 is 18.0 Å². The van der Waals surface area contributed by atoms with Crippen LogP contribution in [-0.2, 0) is 9.53 Å².